The average Bonchev–Trinajstić information content (AvgIpc) is 1.62. The Kier molecular flexibility index (Phi) is 1.48. The SMILES string of the molecule is [O]CC(=O)N1CCC1. The first kappa shape index (κ1) is 5.56. The normalized spacial score (nSPS) is 17.9. The van der Waals surface area contributed by atoms with Crippen LogP contribution in [0.15, 0.2) is 0 Å². The first-order chi connectivity index (χ1) is 3.84. The molecule has 1 heterocycles. The quantitative estimate of drug-likeness (QED) is 0.459. The topological polar surface area (TPSA) is 40.2 Å². The molecule has 3 heteroatoms. The van der Waals surface area contributed by atoms with E-state index in [4.69, 9.17) is 0 Å². The summed E-state index contributed by atoms with van der Waals surface area (Å²) in [5.41, 5.74) is 0. The minimum atomic E-state index is -0.583. The average molecular weight is 114 g/mol. The van der Waals surface area contributed by atoms with Gasteiger partial charge >= 0.3 is 0 Å². The van der Waals surface area contributed by atoms with Crippen LogP contribution in [0.2, 0.25) is 0 Å². The zero-order valence-corrected chi connectivity index (χ0v) is 4.59. The van der Waals surface area contributed by atoms with Crippen molar-refractivity contribution in [3.05, 3.63) is 0 Å². The van der Waals surface area contributed by atoms with Gasteiger partial charge in [0, 0.05) is 13.1 Å². The highest BCUT2D eigenvalue weighted by atomic mass is 16.3. The van der Waals surface area contributed by atoms with E-state index in [1.807, 2.05) is 0 Å². The Labute approximate surface area is 47.9 Å². The molecule has 45 valence electrons. The lowest BCUT2D eigenvalue weighted by Crippen LogP contribution is -2.43. The smallest absolute Gasteiger partial charge is 0.251 e. The van der Waals surface area contributed by atoms with Crippen molar-refractivity contribution in [1.82, 2.24) is 4.90 Å². The maximum atomic E-state index is 10.4. The molecule has 0 aromatic rings. The van der Waals surface area contributed by atoms with Gasteiger partial charge in [0.2, 0.25) is 0 Å². The van der Waals surface area contributed by atoms with E-state index in [-0.39, 0.29) is 5.91 Å². The number of carbonyl (C=O) groups excluding carboxylic acids is 1. The number of hydrogen-bond donors (Lipinski definition) is 0. The van der Waals surface area contributed by atoms with E-state index in [2.05, 4.69) is 0 Å². The Bertz CT molecular complexity index is 98.6. The van der Waals surface area contributed by atoms with E-state index < -0.39 is 6.61 Å². The first-order valence-electron chi connectivity index (χ1n) is 2.70. The van der Waals surface area contributed by atoms with E-state index in [1.165, 1.54) is 0 Å². The molecule has 0 spiro atoms. The molecule has 1 aliphatic rings. The van der Waals surface area contributed by atoms with Crippen molar-refractivity contribution in [2.45, 2.75) is 6.42 Å². The van der Waals surface area contributed by atoms with E-state index in [9.17, 15) is 9.90 Å². The lowest BCUT2D eigenvalue weighted by Gasteiger charge is -2.29. The molecule has 1 saturated heterocycles. The van der Waals surface area contributed by atoms with Crippen LogP contribution < -0.4 is 0 Å². The molecular formula is C5H8NO2. The standard InChI is InChI=1S/C5H8NO2/c7-4-5(8)6-2-1-3-6/h1-4H2. The molecule has 0 saturated carbocycles. The fraction of sp³-hybridized carbons (Fsp3) is 0.800. The molecule has 8 heavy (non-hydrogen) atoms. The molecule has 1 aliphatic heterocycles. The molecule has 1 amide bonds. The predicted octanol–water partition coefficient (Wildman–Crippen LogP) is -0.351. The molecule has 0 aromatic carbocycles. The molecule has 3 nitrogen and oxygen atoms in total. The van der Waals surface area contributed by atoms with Crippen molar-refractivity contribution in [3.8, 4) is 0 Å². The van der Waals surface area contributed by atoms with Crippen LogP contribution in [-0.4, -0.2) is 30.5 Å². The summed E-state index contributed by atoms with van der Waals surface area (Å²) in [6.07, 6.45) is 1.06. The third-order valence-electron chi connectivity index (χ3n) is 1.33. The zero-order chi connectivity index (χ0) is 5.98. The van der Waals surface area contributed by atoms with Crippen LogP contribution in [0.3, 0.4) is 0 Å². The summed E-state index contributed by atoms with van der Waals surface area (Å²) in [4.78, 5) is 12.0. The molecule has 0 atom stereocenters. The molecule has 0 N–H and O–H groups in total. The summed E-state index contributed by atoms with van der Waals surface area (Å²) in [7, 11) is 0. The molecule has 0 aliphatic carbocycles. The van der Waals surface area contributed by atoms with Gasteiger partial charge in [0.1, 0.15) is 0 Å². The maximum Gasteiger partial charge on any atom is 0.251 e. The number of rotatable bonds is 1. The lowest BCUT2D eigenvalue weighted by molar-refractivity contribution is -0.139. The van der Waals surface area contributed by atoms with Gasteiger partial charge in [0.15, 0.2) is 6.61 Å². The Morgan fingerprint density at radius 1 is 1.50 bits per heavy atom. The molecule has 0 aromatic heterocycles. The van der Waals surface area contributed by atoms with E-state index >= 15 is 0 Å². The van der Waals surface area contributed by atoms with Crippen LogP contribution in [0.4, 0.5) is 0 Å². The van der Waals surface area contributed by atoms with Gasteiger partial charge in [-0.1, -0.05) is 0 Å². The first-order valence-corrected chi connectivity index (χ1v) is 2.70. The maximum absolute atomic E-state index is 10.4. The Morgan fingerprint density at radius 3 is 2.25 bits per heavy atom. The van der Waals surface area contributed by atoms with Crippen LogP contribution in [0.5, 0.6) is 0 Å². The highest BCUT2D eigenvalue weighted by molar-refractivity contribution is 5.77. The third kappa shape index (κ3) is 0.816. The van der Waals surface area contributed by atoms with Gasteiger partial charge < -0.3 is 4.90 Å². The Morgan fingerprint density at radius 2 is 2.12 bits per heavy atom. The minimum absolute atomic E-state index is 0.253. The monoisotopic (exact) mass is 114 g/mol. The van der Waals surface area contributed by atoms with Crippen molar-refractivity contribution >= 4 is 5.91 Å². The van der Waals surface area contributed by atoms with E-state index in [0.29, 0.717) is 0 Å². The largest absolute Gasteiger partial charge is 0.340 e. The van der Waals surface area contributed by atoms with Crippen LogP contribution in [0, 0.1) is 0 Å². The molecular weight excluding hydrogens is 106 g/mol. The fourth-order valence-electron chi connectivity index (χ4n) is 0.657. The Balaban J connectivity index is 2.24. The van der Waals surface area contributed by atoms with Crippen LogP contribution in [0.25, 0.3) is 0 Å². The lowest BCUT2D eigenvalue weighted by atomic mass is 10.2. The minimum Gasteiger partial charge on any atom is -0.340 e. The number of likely N-dealkylation sites (tertiary alicyclic amines) is 1. The van der Waals surface area contributed by atoms with Gasteiger partial charge in [-0.2, -0.15) is 0 Å². The fourth-order valence-corrected chi connectivity index (χ4v) is 0.657. The van der Waals surface area contributed by atoms with Crippen molar-refractivity contribution in [2.75, 3.05) is 19.7 Å². The molecule has 0 unspecified atom stereocenters. The van der Waals surface area contributed by atoms with Gasteiger partial charge in [-0.05, 0) is 6.42 Å². The van der Waals surface area contributed by atoms with Crippen molar-refractivity contribution < 1.29 is 9.90 Å². The van der Waals surface area contributed by atoms with E-state index in [0.717, 1.165) is 19.5 Å². The number of nitrogens with zero attached hydrogens (tertiary/aromatic N) is 1. The van der Waals surface area contributed by atoms with Gasteiger partial charge in [0.05, 0.1) is 0 Å². The van der Waals surface area contributed by atoms with Gasteiger partial charge in [-0.15, -0.1) is 0 Å². The molecule has 1 fully saturated rings. The summed E-state index contributed by atoms with van der Waals surface area (Å²) in [6, 6.07) is 0. The van der Waals surface area contributed by atoms with Crippen molar-refractivity contribution in [3.63, 3.8) is 0 Å². The second-order valence-corrected chi connectivity index (χ2v) is 1.88. The highest BCUT2D eigenvalue weighted by Crippen LogP contribution is 2.04. The molecule has 1 radical (unpaired) electrons. The highest BCUT2D eigenvalue weighted by Gasteiger charge is 2.18. The summed E-state index contributed by atoms with van der Waals surface area (Å²) in [6.45, 7) is 1.00. The number of carbonyl (C=O) groups is 1. The summed E-state index contributed by atoms with van der Waals surface area (Å²) in [5.74, 6) is -0.253. The number of hydrogen-bond acceptors (Lipinski definition) is 1. The van der Waals surface area contributed by atoms with Crippen LogP contribution >= 0.6 is 0 Å². The Hall–Kier alpha value is -0.570. The molecule has 1 rings (SSSR count). The zero-order valence-electron chi connectivity index (χ0n) is 4.59. The van der Waals surface area contributed by atoms with Crippen LogP contribution in [0.1, 0.15) is 6.42 Å². The van der Waals surface area contributed by atoms with Crippen molar-refractivity contribution in [1.29, 1.82) is 0 Å². The van der Waals surface area contributed by atoms with E-state index in [1.54, 1.807) is 4.90 Å². The number of amides is 1. The van der Waals surface area contributed by atoms with Gasteiger partial charge in [-0.3, -0.25) is 4.79 Å². The second kappa shape index (κ2) is 2.13. The van der Waals surface area contributed by atoms with Crippen molar-refractivity contribution in [2.24, 2.45) is 0 Å². The van der Waals surface area contributed by atoms with Gasteiger partial charge in [0.25, 0.3) is 5.91 Å². The summed E-state index contributed by atoms with van der Waals surface area (Å²) >= 11 is 0. The second-order valence-electron chi connectivity index (χ2n) is 1.88. The van der Waals surface area contributed by atoms with Crippen LogP contribution in [-0.2, 0) is 9.90 Å². The summed E-state index contributed by atoms with van der Waals surface area (Å²) in [5, 5.41) is 9.87. The molecule has 0 bridgehead atoms. The summed E-state index contributed by atoms with van der Waals surface area (Å²) < 4.78 is 0. The third-order valence-corrected chi connectivity index (χ3v) is 1.33. The predicted molar refractivity (Wildman–Crippen MR) is 26.8 cm³/mol. The van der Waals surface area contributed by atoms with Gasteiger partial charge in [-0.25, -0.2) is 5.11 Å².